The van der Waals surface area contributed by atoms with Gasteiger partial charge in [0.25, 0.3) is 0 Å². The Morgan fingerprint density at radius 3 is 1.93 bits per heavy atom. The van der Waals surface area contributed by atoms with Crippen LogP contribution in [0.15, 0.2) is 72.8 Å². The van der Waals surface area contributed by atoms with Gasteiger partial charge in [-0.05, 0) is 88.8 Å². The molecule has 56 heavy (non-hydrogen) atoms. The van der Waals surface area contributed by atoms with E-state index in [0.717, 1.165) is 55.5 Å². The van der Waals surface area contributed by atoms with Crippen molar-refractivity contribution in [1.82, 2.24) is 0 Å². The van der Waals surface area contributed by atoms with E-state index in [9.17, 15) is 22.0 Å². The summed E-state index contributed by atoms with van der Waals surface area (Å²) < 4.78 is 194. The number of alkyl halides is 5. The zero-order chi connectivity index (χ0) is 40.7. The van der Waals surface area contributed by atoms with Crippen LogP contribution >= 0.6 is 0 Å². The molecule has 0 unspecified atom stereocenters. The Morgan fingerprint density at radius 1 is 0.589 bits per heavy atom. The van der Waals surface area contributed by atoms with E-state index in [1.165, 1.54) is 18.1 Å². The summed E-state index contributed by atoms with van der Waals surface area (Å²) in [5.74, 6) is -11.4. The summed E-state index contributed by atoms with van der Waals surface area (Å²) in [7, 11) is 0. The van der Waals surface area contributed by atoms with Gasteiger partial charge in [-0.2, -0.15) is 22.0 Å². The van der Waals surface area contributed by atoms with E-state index in [4.69, 9.17) is 0 Å². The molecule has 0 radical (unpaired) electrons. The van der Waals surface area contributed by atoms with E-state index in [0.29, 0.717) is 42.7 Å². The lowest BCUT2D eigenvalue weighted by atomic mass is 9.95. The molecular weight excluding hydrogens is 767 g/mol. The van der Waals surface area contributed by atoms with Crippen molar-refractivity contribution in [2.45, 2.75) is 51.3 Å². The fourth-order valence-corrected chi connectivity index (χ4v) is 6.36. The van der Waals surface area contributed by atoms with Gasteiger partial charge < -0.3 is 4.74 Å². The third kappa shape index (κ3) is 8.12. The highest BCUT2D eigenvalue weighted by Crippen LogP contribution is 2.40. The van der Waals surface area contributed by atoms with Gasteiger partial charge in [0.1, 0.15) is 52.0 Å². The third-order valence-corrected chi connectivity index (χ3v) is 8.94. The van der Waals surface area contributed by atoms with Gasteiger partial charge in [-0.1, -0.05) is 50.3 Å². The second-order valence-electron chi connectivity index (χ2n) is 12.8. The van der Waals surface area contributed by atoms with Crippen molar-refractivity contribution < 1.29 is 61.8 Å². The molecule has 0 amide bonds. The molecule has 0 aliphatic heterocycles. The van der Waals surface area contributed by atoms with Crippen LogP contribution in [0.25, 0.3) is 43.8 Å². The third-order valence-electron chi connectivity index (χ3n) is 8.94. The van der Waals surface area contributed by atoms with Gasteiger partial charge >= 0.3 is 12.3 Å². The maximum Gasteiger partial charge on any atom is 0.458 e. The van der Waals surface area contributed by atoms with E-state index in [1.54, 1.807) is 6.07 Å². The molecular formula is C42H25F13O. The molecule has 0 heterocycles. The number of aryl methyl sites for hydroxylation is 1. The van der Waals surface area contributed by atoms with Crippen LogP contribution in [0, 0.1) is 58.4 Å². The summed E-state index contributed by atoms with van der Waals surface area (Å²) in [5.41, 5.74) is -4.95. The van der Waals surface area contributed by atoms with Crippen molar-refractivity contribution >= 4 is 21.5 Å². The molecule has 0 bridgehead atoms. The first-order chi connectivity index (χ1) is 26.4. The van der Waals surface area contributed by atoms with Gasteiger partial charge in [0.15, 0.2) is 5.82 Å². The number of halogens is 13. The monoisotopic (exact) mass is 792 g/mol. The SMILES string of the molecule is CCCCCCc1ccc2c(F)c(C(F)(F)Oc3ccc(-c4cc(F)c(-c5cc(F)c6c(F)c(C#CC(F)(F)F)c(F)cc6c5)c(F)c4)c(F)c3)c(F)cc2c1. The van der Waals surface area contributed by atoms with Crippen molar-refractivity contribution in [2.24, 2.45) is 0 Å². The van der Waals surface area contributed by atoms with Crippen LogP contribution in [0.2, 0.25) is 0 Å². The fourth-order valence-electron chi connectivity index (χ4n) is 6.36. The average Bonchev–Trinajstić information content (AvgIpc) is 3.08. The largest absolute Gasteiger partial charge is 0.458 e. The van der Waals surface area contributed by atoms with Gasteiger partial charge in [0.05, 0.1) is 16.5 Å². The normalized spacial score (nSPS) is 12.0. The molecule has 6 aromatic carbocycles. The highest BCUT2D eigenvalue weighted by atomic mass is 19.4. The summed E-state index contributed by atoms with van der Waals surface area (Å²) in [4.78, 5) is 0. The number of fused-ring (bicyclic) bond motifs is 2. The summed E-state index contributed by atoms with van der Waals surface area (Å²) in [5, 5.41) is -1.89. The molecule has 0 saturated heterocycles. The number of hydrogen-bond acceptors (Lipinski definition) is 1. The molecule has 6 rings (SSSR count). The number of hydrogen-bond donors (Lipinski definition) is 0. The molecule has 0 saturated carbocycles. The number of unbranched alkanes of at least 4 members (excludes halogenated alkanes) is 3. The highest BCUT2D eigenvalue weighted by molar-refractivity contribution is 5.90. The number of rotatable bonds is 10. The molecule has 1 nitrogen and oxygen atoms in total. The Morgan fingerprint density at radius 2 is 1.27 bits per heavy atom. The zero-order valence-electron chi connectivity index (χ0n) is 28.8. The molecule has 0 aromatic heterocycles. The number of ether oxygens (including phenoxy) is 1. The highest BCUT2D eigenvalue weighted by Gasteiger charge is 2.42. The Kier molecular flexibility index (Phi) is 11.0. The van der Waals surface area contributed by atoms with Crippen molar-refractivity contribution in [3.63, 3.8) is 0 Å². The van der Waals surface area contributed by atoms with Crippen LogP contribution in [0.5, 0.6) is 5.75 Å². The van der Waals surface area contributed by atoms with Crippen LogP contribution in [0.3, 0.4) is 0 Å². The minimum Gasteiger partial charge on any atom is -0.429 e. The van der Waals surface area contributed by atoms with Crippen LogP contribution in [-0.2, 0) is 12.5 Å². The molecule has 14 heteroatoms. The van der Waals surface area contributed by atoms with E-state index < -0.39 is 109 Å². The molecule has 0 N–H and O–H groups in total. The summed E-state index contributed by atoms with van der Waals surface area (Å²) >= 11 is 0. The van der Waals surface area contributed by atoms with Gasteiger partial charge in [0, 0.05) is 22.9 Å². The number of benzene rings is 6. The lowest BCUT2D eigenvalue weighted by molar-refractivity contribution is -0.189. The fraction of sp³-hybridized carbons (Fsp3) is 0.190. The van der Waals surface area contributed by atoms with Crippen molar-refractivity contribution in [3.05, 3.63) is 136 Å². The Hall–Kier alpha value is -5.71. The average molecular weight is 793 g/mol. The van der Waals surface area contributed by atoms with Gasteiger partial charge in [-0.15, -0.1) is 0 Å². The van der Waals surface area contributed by atoms with E-state index in [1.807, 2.05) is 6.92 Å². The second kappa shape index (κ2) is 15.4. The first kappa shape index (κ1) is 40.0. The maximum absolute atomic E-state index is 15.4. The summed E-state index contributed by atoms with van der Waals surface area (Å²) in [6.45, 7) is 2.04. The zero-order valence-corrected chi connectivity index (χ0v) is 28.8. The first-order valence-corrected chi connectivity index (χ1v) is 16.9. The van der Waals surface area contributed by atoms with Gasteiger partial charge in [-0.25, -0.2) is 35.1 Å². The molecule has 0 fully saturated rings. The predicted molar refractivity (Wildman–Crippen MR) is 184 cm³/mol. The quantitative estimate of drug-likeness (QED) is 0.0763. The first-order valence-electron chi connectivity index (χ1n) is 16.9. The van der Waals surface area contributed by atoms with E-state index >= 15 is 35.1 Å². The molecule has 0 aliphatic rings. The van der Waals surface area contributed by atoms with Crippen LogP contribution in [0.1, 0.15) is 49.3 Å². The maximum atomic E-state index is 15.4. The topological polar surface area (TPSA) is 9.23 Å². The van der Waals surface area contributed by atoms with Crippen LogP contribution < -0.4 is 4.74 Å². The second-order valence-corrected chi connectivity index (χ2v) is 12.8. The predicted octanol–water partition coefficient (Wildman–Crippen LogP) is 13.6. The summed E-state index contributed by atoms with van der Waals surface area (Å²) in [6, 6.07) is 9.78. The summed E-state index contributed by atoms with van der Waals surface area (Å²) in [6.07, 6.45) is -5.35. The van der Waals surface area contributed by atoms with Crippen molar-refractivity contribution in [1.29, 1.82) is 0 Å². The van der Waals surface area contributed by atoms with Crippen molar-refractivity contribution in [2.75, 3.05) is 0 Å². The van der Waals surface area contributed by atoms with Crippen molar-refractivity contribution in [3.8, 4) is 39.8 Å². The molecule has 0 spiro atoms. The van der Waals surface area contributed by atoms with Crippen LogP contribution in [-0.4, -0.2) is 6.18 Å². The molecule has 290 valence electrons. The molecule has 0 aliphatic carbocycles. The molecule has 6 aromatic rings. The van der Waals surface area contributed by atoms with E-state index in [-0.39, 0.29) is 10.8 Å². The Bertz CT molecular complexity index is 2540. The Labute approximate surface area is 310 Å². The lowest BCUT2D eigenvalue weighted by Crippen LogP contribution is -2.25. The van der Waals surface area contributed by atoms with Gasteiger partial charge in [0.2, 0.25) is 0 Å². The minimum atomic E-state index is -5.12. The lowest BCUT2D eigenvalue weighted by Gasteiger charge is -2.21. The Balaban J connectivity index is 1.27. The standard InChI is InChI=1S/C42H25F13O/c1-2-3-4-5-6-21-7-9-28-22(13-21)17-35(48)38(40(28)50)42(54,55)56-26-8-10-27(31(44)20-26)23-15-32(45)36(33(46)16-23)24-14-25-18-30(43)29(11-12-41(51,52)53)39(49)37(25)34(47)19-24/h7-10,13-20H,2-6H2,1H3. The smallest absolute Gasteiger partial charge is 0.429 e. The molecule has 0 atom stereocenters. The van der Waals surface area contributed by atoms with E-state index in [2.05, 4.69) is 4.74 Å². The van der Waals surface area contributed by atoms with Gasteiger partial charge in [-0.3, -0.25) is 0 Å². The minimum absolute atomic E-state index is 0.0502. The van der Waals surface area contributed by atoms with Crippen LogP contribution in [0.4, 0.5) is 57.1 Å².